The average Bonchev–Trinajstić information content (AvgIpc) is 2.35. The number of nitrogens with one attached hydrogen (secondary N) is 1. The third-order valence-corrected chi connectivity index (χ3v) is 2.65. The Balaban J connectivity index is 0.000000500. The Morgan fingerprint density at radius 1 is 1.30 bits per heavy atom. The Labute approximate surface area is 67.4 Å². The van der Waals surface area contributed by atoms with Gasteiger partial charge in [0, 0.05) is 18.5 Å². The van der Waals surface area contributed by atoms with Crippen LogP contribution in [0.3, 0.4) is 0 Å². The summed E-state index contributed by atoms with van der Waals surface area (Å²) in [6.45, 7) is 0.829. The molecule has 0 aromatic carbocycles. The Kier molecular flexibility index (Phi) is 2.55. The number of hydrogen-bond acceptors (Lipinski definition) is 2. The lowest BCUT2D eigenvalue weighted by molar-refractivity contribution is 0.144. The summed E-state index contributed by atoms with van der Waals surface area (Å²) in [6, 6.07) is 0.653. The third kappa shape index (κ3) is 1.16. The van der Waals surface area contributed by atoms with Crippen LogP contribution in [0.25, 0.3) is 0 Å². The zero-order chi connectivity index (χ0) is 6.27. The van der Waals surface area contributed by atoms with E-state index >= 15 is 0 Å². The van der Waals surface area contributed by atoms with Crippen molar-refractivity contribution in [1.29, 1.82) is 0 Å². The van der Waals surface area contributed by atoms with Gasteiger partial charge in [0.1, 0.15) is 0 Å². The first-order chi connectivity index (χ1) is 4.38. The van der Waals surface area contributed by atoms with Gasteiger partial charge in [-0.1, -0.05) is 6.42 Å². The predicted octanol–water partition coefficient (Wildman–Crippen LogP) is 0.541. The molecule has 1 aliphatic carbocycles. The molecule has 3 atom stereocenters. The molecule has 60 valence electrons. The van der Waals surface area contributed by atoms with Crippen molar-refractivity contribution in [3.05, 3.63) is 0 Å². The topological polar surface area (TPSA) is 32.3 Å². The van der Waals surface area contributed by atoms with Crippen molar-refractivity contribution in [2.24, 2.45) is 5.92 Å². The number of β-amino-alcohol motifs (C(OH)–C–C–N with tert-alkyl or cyclic N) is 1. The van der Waals surface area contributed by atoms with E-state index in [1.165, 1.54) is 19.3 Å². The van der Waals surface area contributed by atoms with Gasteiger partial charge in [0.05, 0.1) is 6.10 Å². The quantitative estimate of drug-likeness (QED) is 0.547. The molecule has 2 aliphatic rings. The molecule has 1 aliphatic heterocycles. The number of hydrogen-bond donors (Lipinski definition) is 2. The minimum Gasteiger partial charge on any atom is -0.391 e. The van der Waals surface area contributed by atoms with E-state index in [0.29, 0.717) is 12.0 Å². The van der Waals surface area contributed by atoms with E-state index in [2.05, 4.69) is 5.32 Å². The normalized spacial score (nSPS) is 44.7. The maximum atomic E-state index is 9.34. The lowest BCUT2D eigenvalue weighted by Gasteiger charge is -2.09. The van der Waals surface area contributed by atoms with Crippen LogP contribution >= 0.6 is 12.4 Å². The lowest BCUT2D eigenvalue weighted by Crippen LogP contribution is -2.21. The van der Waals surface area contributed by atoms with Crippen LogP contribution in [0.4, 0.5) is 0 Å². The van der Waals surface area contributed by atoms with Crippen molar-refractivity contribution in [1.82, 2.24) is 5.32 Å². The van der Waals surface area contributed by atoms with Crippen molar-refractivity contribution in [3.8, 4) is 0 Å². The molecule has 2 N–H and O–H groups in total. The molecule has 1 saturated heterocycles. The highest BCUT2D eigenvalue weighted by molar-refractivity contribution is 5.85. The maximum absolute atomic E-state index is 9.34. The summed E-state index contributed by atoms with van der Waals surface area (Å²) >= 11 is 0. The summed E-state index contributed by atoms with van der Waals surface area (Å²) in [4.78, 5) is 0. The Morgan fingerprint density at radius 3 is 2.80 bits per heavy atom. The highest BCUT2D eigenvalue weighted by Gasteiger charge is 2.37. The summed E-state index contributed by atoms with van der Waals surface area (Å²) in [5, 5.41) is 12.7. The molecule has 3 heteroatoms. The fraction of sp³-hybridized carbons (Fsp3) is 1.00. The molecular weight excluding hydrogens is 150 g/mol. The molecule has 0 spiro atoms. The SMILES string of the molecule is Cl.OC1CNC2CCCC12. The van der Waals surface area contributed by atoms with Crippen molar-refractivity contribution < 1.29 is 5.11 Å². The number of aliphatic hydroxyl groups excluding tert-OH is 1. The van der Waals surface area contributed by atoms with Crippen LogP contribution in [-0.4, -0.2) is 23.8 Å². The Bertz CT molecular complexity index is 120. The summed E-state index contributed by atoms with van der Waals surface area (Å²) in [5.74, 6) is 0.588. The second-order valence-electron chi connectivity index (χ2n) is 3.18. The fourth-order valence-electron chi connectivity index (χ4n) is 2.13. The molecule has 1 heterocycles. The monoisotopic (exact) mass is 163 g/mol. The van der Waals surface area contributed by atoms with E-state index in [0.717, 1.165) is 6.54 Å². The molecule has 2 rings (SSSR count). The molecule has 10 heavy (non-hydrogen) atoms. The van der Waals surface area contributed by atoms with Gasteiger partial charge in [0.25, 0.3) is 0 Å². The highest BCUT2D eigenvalue weighted by atomic mass is 35.5. The van der Waals surface area contributed by atoms with Gasteiger partial charge < -0.3 is 10.4 Å². The Hall–Kier alpha value is 0.210. The summed E-state index contributed by atoms with van der Waals surface area (Å²) < 4.78 is 0. The van der Waals surface area contributed by atoms with E-state index in [4.69, 9.17) is 0 Å². The van der Waals surface area contributed by atoms with Crippen LogP contribution in [0.15, 0.2) is 0 Å². The molecule has 2 nitrogen and oxygen atoms in total. The zero-order valence-electron chi connectivity index (χ0n) is 5.92. The number of fused-ring (bicyclic) bond motifs is 1. The van der Waals surface area contributed by atoms with Gasteiger partial charge >= 0.3 is 0 Å². The molecule has 3 unspecified atom stereocenters. The highest BCUT2D eigenvalue weighted by Crippen LogP contribution is 2.31. The van der Waals surface area contributed by atoms with E-state index in [1.54, 1.807) is 0 Å². The molecule has 2 fully saturated rings. The van der Waals surface area contributed by atoms with Gasteiger partial charge in [-0.2, -0.15) is 0 Å². The largest absolute Gasteiger partial charge is 0.391 e. The van der Waals surface area contributed by atoms with Crippen LogP contribution in [0.5, 0.6) is 0 Å². The van der Waals surface area contributed by atoms with Gasteiger partial charge in [0.15, 0.2) is 0 Å². The van der Waals surface area contributed by atoms with Crippen molar-refractivity contribution in [2.45, 2.75) is 31.4 Å². The number of halogens is 1. The van der Waals surface area contributed by atoms with Gasteiger partial charge in [-0.25, -0.2) is 0 Å². The van der Waals surface area contributed by atoms with Gasteiger partial charge in [-0.05, 0) is 12.8 Å². The lowest BCUT2D eigenvalue weighted by atomic mass is 10.0. The summed E-state index contributed by atoms with van der Waals surface area (Å²) in [5.41, 5.74) is 0. The van der Waals surface area contributed by atoms with E-state index in [-0.39, 0.29) is 18.5 Å². The van der Waals surface area contributed by atoms with Gasteiger partial charge in [0.2, 0.25) is 0 Å². The molecule has 0 bridgehead atoms. The standard InChI is InChI=1S/C7H13NO.ClH/c9-7-4-8-6-3-1-2-5(6)7;/h5-9H,1-4H2;1H. The minimum atomic E-state index is -0.0440. The van der Waals surface area contributed by atoms with Crippen LogP contribution in [0, 0.1) is 5.92 Å². The van der Waals surface area contributed by atoms with Crippen LogP contribution in [-0.2, 0) is 0 Å². The molecule has 1 saturated carbocycles. The first kappa shape index (κ1) is 8.31. The first-order valence-electron chi connectivity index (χ1n) is 3.79. The van der Waals surface area contributed by atoms with Crippen molar-refractivity contribution >= 4 is 12.4 Å². The maximum Gasteiger partial charge on any atom is 0.0707 e. The van der Waals surface area contributed by atoms with E-state index < -0.39 is 0 Å². The average molecular weight is 164 g/mol. The summed E-state index contributed by atoms with van der Waals surface area (Å²) in [7, 11) is 0. The first-order valence-corrected chi connectivity index (χ1v) is 3.79. The smallest absolute Gasteiger partial charge is 0.0707 e. The second-order valence-corrected chi connectivity index (χ2v) is 3.18. The van der Waals surface area contributed by atoms with Crippen LogP contribution in [0.1, 0.15) is 19.3 Å². The molecule has 0 radical (unpaired) electrons. The zero-order valence-corrected chi connectivity index (χ0v) is 6.73. The molecule has 0 aromatic rings. The third-order valence-electron chi connectivity index (χ3n) is 2.65. The van der Waals surface area contributed by atoms with Gasteiger partial charge in [-0.3, -0.25) is 0 Å². The number of rotatable bonds is 0. The fourth-order valence-corrected chi connectivity index (χ4v) is 2.13. The molecule has 0 amide bonds. The number of aliphatic hydroxyl groups is 1. The van der Waals surface area contributed by atoms with E-state index in [1.807, 2.05) is 0 Å². The minimum absolute atomic E-state index is 0. The predicted molar refractivity (Wildman–Crippen MR) is 42.4 cm³/mol. The van der Waals surface area contributed by atoms with Crippen molar-refractivity contribution in [2.75, 3.05) is 6.54 Å². The van der Waals surface area contributed by atoms with E-state index in [9.17, 15) is 5.11 Å². The van der Waals surface area contributed by atoms with Crippen LogP contribution in [0.2, 0.25) is 0 Å². The molecular formula is C7H14ClNO. The summed E-state index contributed by atoms with van der Waals surface area (Å²) in [6.07, 6.45) is 3.78. The van der Waals surface area contributed by atoms with Gasteiger partial charge in [-0.15, -0.1) is 12.4 Å². The Morgan fingerprint density at radius 2 is 2.10 bits per heavy atom. The second kappa shape index (κ2) is 3.07. The van der Waals surface area contributed by atoms with Crippen molar-refractivity contribution in [3.63, 3.8) is 0 Å². The molecule has 0 aromatic heterocycles. The van der Waals surface area contributed by atoms with Crippen LogP contribution < -0.4 is 5.32 Å².